The smallest absolute Gasteiger partial charge is 0.264 e. The Morgan fingerprint density at radius 3 is 2.45 bits per heavy atom. The summed E-state index contributed by atoms with van der Waals surface area (Å²) in [4.78, 5) is 12.5. The number of rotatable bonds is 5. The number of carbonyl (C=O) groups excluding carboxylic acids is 1. The maximum absolute atomic E-state index is 14.0. The Morgan fingerprint density at radius 1 is 1.03 bits per heavy atom. The zero-order valence-corrected chi connectivity index (χ0v) is 17.3. The Hall–Kier alpha value is -2.90. The van der Waals surface area contributed by atoms with Gasteiger partial charge in [0.25, 0.3) is 15.9 Å². The van der Waals surface area contributed by atoms with Crippen molar-refractivity contribution in [3.63, 3.8) is 0 Å². The van der Waals surface area contributed by atoms with E-state index >= 15 is 0 Å². The highest BCUT2D eigenvalue weighted by Gasteiger charge is 2.24. The summed E-state index contributed by atoms with van der Waals surface area (Å²) >= 11 is 5.92. The molecule has 3 aromatic rings. The summed E-state index contributed by atoms with van der Waals surface area (Å²) < 4.78 is 40.7. The molecule has 0 aromatic heterocycles. The van der Waals surface area contributed by atoms with Gasteiger partial charge in [0.15, 0.2) is 0 Å². The van der Waals surface area contributed by atoms with Crippen LogP contribution in [0.25, 0.3) is 0 Å². The van der Waals surface area contributed by atoms with E-state index in [9.17, 15) is 17.6 Å². The zero-order chi connectivity index (χ0) is 21.2. The van der Waals surface area contributed by atoms with Gasteiger partial charge in [0.2, 0.25) is 0 Å². The largest absolute Gasteiger partial charge is 0.322 e. The molecule has 3 rings (SSSR count). The summed E-state index contributed by atoms with van der Waals surface area (Å²) in [5.41, 5.74) is 1.41. The van der Waals surface area contributed by atoms with Crippen molar-refractivity contribution in [1.82, 2.24) is 0 Å². The van der Waals surface area contributed by atoms with Crippen LogP contribution in [-0.2, 0) is 10.0 Å². The molecule has 0 bridgehead atoms. The fraction of sp³-hybridized carbons (Fsp3) is 0.0952. The Balaban J connectivity index is 1.90. The minimum absolute atomic E-state index is 0.0841. The molecule has 0 saturated heterocycles. The maximum Gasteiger partial charge on any atom is 0.264 e. The van der Waals surface area contributed by atoms with Crippen LogP contribution in [0.2, 0.25) is 5.02 Å². The van der Waals surface area contributed by atoms with Crippen molar-refractivity contribution in [2.24, 2.45) is 0 Å². The molecular weight excluding hydrogens is 415 g/mol. The van der Waals surface area contributed by atoms with E-state index in [1.54, 1.807) is 31.2 Å². The topological polar surface area (TPSA) is 66.5 Å². The second kappa shape index (κ2) is 8.23. The lowest BCUT2D eigenvalue weighted by atomic mass is 10.1. The Bertz CT molecular complexity index is 1180. The molecular formula is C21H18ClFN2O3S. The van der Waals surface area contributed by atoms with Gasteiger partial charge in [-0.25, -0.2) is 12.8 Å². The van der Waals surface area contributed by atoms with Gasteiger partial charge in [0.1, 0.15) is 5.82 Å². The number of hydrogen-bond donors (Lipinski definition) is 1. The fourth-order valence-corrected chi connectivity index (χ4v) is 4.23. The van der Waals surface area contributed by atoms with Crippen LogP contribution in [0.3, 0.4) is 0 Å². The predicted octanol–water partition coefficient (Wildman–Crippen LogP) is 4.86. The first-order valence-corrected chi connectivity index (χ1v) is 10.4. The molecule has 0 saturated carbocycles. The van der Waals surface area contributed by atoms with E-state index in [1.165, 1.54) is 49.5 Å². The van der Waals surface area contributed by atoms with Gasteiger partial charge in [0.05, 0.1) is 10.6 Å². The number of nitrogens with zero attached hydrogens (tertiary/aromatic N) is 1. The van der Waals surface area contributed by atoms with E-state index in [0.717, 1.165) is 9.87 Å². The van der Waals surface area contributed by atoms with E-state index in [-0.39, 0.29) is 16.1 Å². The lowest BCUT2D eigenvalue weighted by Crippen LogP contribution is -2.27. The molecule has 0 aliphatic carbocycles. The molecule has 0 aliphatic heterocycles. The molecule has 150 valence electrons. The predicted molar refractivity (Wildman–Crippen MR) is 113 cm³/mol. The molecule has 0 aliphatic rings. The van der Waals surface area contributed by atoms with Crippen LogP contribution < -0.4 is 9.62 Å². The highest BCUT2D eigenvalue weighted by atomic mass is 35.5. The molecule has 29 heavy (non-hydrogen) atoms. The van der Waals surface area contributed by atoms with E-state index in [1.807, 2.05) is 0 Å². The average Bonchev–Trinajstić information content (AvgIpc) is 2.70. The molecule has 0 radical (unpaired) electrons. The zero-order valence-electron chi connectivity index (χ0n) is 15.7. The molecule has 5 nitrogen and oxygen atoms in total. The van der Waals surface area contributed by atoms with Crippen LogP contribution >= 0.6 is 11.6 Å². The van der Waals surface area contributed by atoms with Gasteiger partial charge in [-0.3, -0.25) is 9.10 Å². The number of halogens is 2. The lowest BCUT2D eigenvalue weighted by molar-refractivity contribution is 0.102. The molecule has 8 heteroatoms. The second-order valence-electron chi connectivity index (χ2n) is 6.37. The number of sulfonamides is 1. The quantitative estimate of drug-likeness (QED) is 0.625. The van der Waals surface area contributed by atoms with Gasteiger partial charge in [-0.05, 0) is 61.0 Å². The summed E-state index contributed by atoms with van der Waals surface area (Å²) in [6, 6.07) is 16.2. The number of hydrogen-bond acceptors (Lipinski definition) is 3. The normalized spacial score (nSPS) is 11.2. The fourth-order valence-electron chi connectivity index (χ4n) is 2.75. The average molecular weight is 433 g/mol. The molecule has 1 N–H and O–H groups in total. The molecule has 3 aromatic carbocycles. The summed E-state index contributed by atoms with van der Waals surface area (Å²) in [5, 5.41) is 3.28. The summed E-state index contributed by atoms with van der Waals surface area (Å²) in [7, 11) is -2.80. The minimum Gasteiger partial charge on any atom is -0.322 e. The second-order valence-corrected chi connectivity index (χ2v) is 8.77. The van der Waals surface area contributed by atoms with Crippen LogP contribution in [0.5, 0.6) is 0 Å². The molecule has 0 fully saturated rings. The third kappa shape index (κ3) is 4.41. The van der Waals surface area contributed by atoms with Gasteiger partial charge in [-0.2, -0.15) is 0 Å². The standard InChI is InChI=1S/C21H18ClFN2O3S/c1-14-12-16(22)10-11-19(14)24-21(26)15-6-5-7-17(13-15)29(27,28)25(2)20-9-4-3-8-18(20)23/h3-13H,1-2H3,(H,24,26). The first-order valence-electron chi connectivity index (χ1n) is 8.61. The van der Waals surface area contributed by atoms with E-state index in [4.69, 9.17) is 11.6 Å². The van der Waals surface area contributed by atoms with Crippen LogP contribution in [0.15, 0.2) is 71.6 Å². The Morgan fingerprint density at radius 2 is 1.76 bits per heavy atom. The van der Waals surface area contributed by atoms with E-state index < -0.39 is 21.7 Å². The number of para-hydroxylation sites is 1. The third-order valence-corrected chi connectivity index (χ3v) is 6.39. The van der Waals surface area contributed by atoms with Gasteiger partial charge >= 0.3 is 0 Å². The van der Waals surface area contributed by atoms with Crippen molar-refractivity contribution in [2.75, 3.05) is 16.7 Å². The van der Waals surface area contributed by atoms with E-state index in [2.05, 4.69) is 5.32 Å². The van der Waals surface area contributed by atoms with Crippen molar-refractivity contribution in [1.29, 1.82) is 0 Å². The van der Waals surface area contributed by atoms with Gasteiger partial charge < -0.3 is 5.32 Å². The monoisotopic (exact) mass is 432 g/mol. The first-order chi connectivity index (χ1) is 13.7. The summed E-state index contributed by atoms with van der Waals surface area (Å²) in [6.45, 7) is 1.80. The van der Waals surface area contributed by atoms with Crippen molar-refractivity contribution in [3.05, 3.63) is 88.7 Å². The Kier molecular flexibility index (Phi) is 5.91. The number of anilines is 2. The van der Waals surface area contributed by atoms with Crippen LogP contribution in [0.4, 0.5) is 15.8 Å². The molecule has 0 unspecified atom stereocenters. The first kappa shape index (κ1) is 20.8. The lowest BCUT2D eigenvalue weighted by Gasteiger charge is -2.20. The van der Waals surface area contributed by atoms with Crippen LogP contribution in [0, 0.1) is 12.7 Å². The number of aryl methyl sites for hydroxylation is 1. The van der Waals surface area contributed by atoms with Gasteiger partial charge in [0, 0.05) is 23.3 Å². The Labute approximate surface area is 173 Å². The SMILES string of the molecule is Cc1cc(Cl)ccc1NC(=O)c1cccc(S(=O)(=O)N(C)c2ccccc2F)c1. The minimum atomic E-state index is -4.06. The molecule has 0 heterocycles. The van der Waals surface area contributed by atoms with Crippen molar-refractivity contribution < 1.29 is 17.6 Å². The summed E-state index contributed by atoms with van der Waals surface area (Å²) in [5.74, 6) is -1.13. The molecule has 0 atom stereocenters. The number of amides is 1. The van der Waals surface area contributed by atoms with Crippen molar-refractivity contribution in [2.45, 2.75) is 11.8 Å². The third-order valence-electron chi connectivity index (χ3n) is 4.38. The molecule has 0 spiro atoms. The molecule has 1 amide bonds. The highest BCUT2D eigenvalue weighted by Crippen LogP contribution is 2.25. The number of carbonyl (C=O) groups is 1. The summed E-state index contributed by atoms with van der Waals surface area (Å²) in [6.07, 6.45) is 0. The van der Waals surface area contributed by atoms with Crippen LogP contribution in [0.1, 0.15) is 15.9 Å². The van der Waals surface area contributed by atoms with Gasteiger partial charge in [-0.1, -0.05) is 29.8 Å². The van der Waals surface area contributed by atoms with E-state index in [0.29, 0.717) is 10.7 Å². The van der Waals surface area contributed by atoms with Crippen LogP contribution in [-0.4, -0.2) is 21.4 Å². The highest BCUT2D eigenvalue weighted by molar-refractivity contribution is 7.92. The number of benzene rings is 3. The van der Waals surface area contributed by atoms with Gasteiger partial charge in [-0.15, -0.1) is 0 Å². The maximum atomic E-state index is 14.0. The van der Waals surface area contributed by atoms with Crippen molar-refractivity contribution >= 4 is 38.9 Å². The number of nitrogens with one attached hydrogen (secondary N) is 1. The van der Waals surface area contributed by atoms with Crippen molar-refractivity contribution in [3.8, 4) is 0 Å².